The molecule has 0 atom stereocenters. The lowest BCUT2D eigenvalue weighted by molar-refractivity contribution is -0.384. The fourth-order valence-corrected chi connectivity index (χ4v) is 2.76. The van der Waals surface area contributed by atoms with Gasteiger partial charge in [-0.15, -0.1) is 11.3 Å². The van der Waals surface area contributed by atoms with Crippen LogP contribution in [0.3, 0.4) is 0 Å². The van der Waals surface area contributed by atoms with Gasteiger partial charge in [0.1, 0.15) is 0 Å². The van der Waals surface area contributed by atoms with Gasteiger partial charge in [0.2, 0.25) is 0 Å². The smallest absolute Gasteiger partial charge is 0.338 e. The van der Waals surface area contributed by atoms with E-state index in [0.29, 0.717) is 5.69 Å². The lowest BCUT2D eigenvalue weighted by atomic mass is 10.1. The number of rotatable bonds is 7. The number of nitro benzene ring substituents is 1. The number of non-ortho nitro benzene ring substituents is 1. The maximum Gasteiger partial charge on any atom is 0.338 e. The van der Waals surface area contributed by atoms with Crippen molar-refractivity contribution in [2.75, 3.05) is 19.0 Å². The summed E-state index contributed by atoms with van der Waals surface area (Å²) in [6.07, 6.45) is -0.0382. The number of ether oxygens (including phenoxy) is 2. The van der Waals surface area contributed by atoms with Gasteiger partial charge in [-0.05, 0) is 13.0 Å². The van der Waals surface area contributed by atoms with Gasteiger partial charge < -0.3 is 9.47 Å². The molecule has 0 saturated heterocycles. The highest BCUT2D eigenvalue weighted by atomic mass is 32.1. The number of esters is 2. The SMILES string of the molecule is CCOC(=O)Cc1csc(NC(=O)c2cc(C(=O)OC)cc([N+](=O)[O-])c2)n1. The summed E-state index contributed by atoms with van der Waals surface area (Å²) >= 11 is 1.08. The molecule has 1 aromatic carbocycles. The Balaban J connectivity index is 2.19. The molecule has 2 aromatic rings. The number of nitrogens with zero attached hydrogens (tertiary/aromatic N) is 2. The number of carbonyl (C=O) groups is 3. The zero-order valence-electron chi connectivity index (χ0n) is 14.4. The van der Waals surface area contributed by atoms with Crippen LogP contribution in [0.25, 0.3) is 0 Å². The van der Waals surface area contributed by atoms with Crippen LogP contribution in [-0.2, 0) is 20.7 Å². The van der Waals surface area contributed by atoms with E-state index < -0.39 is 28.5 Å². The largest absolute Gasteiger partial charge is 0.466 e. The minimum absolute atomic E-state index is 0.0382. The number of aromatic nitrogens is 1. The molecule has 0 unspecified atom stereocenters. The van der Waals surface area contributed by atoms with Crippen LogP contribution in [0.15, 0.2) is 23.6 Å². The van der Waals surface area contributed by atoms with E-state index in [1.54, 1.807) is 12.3 Å². The molecule has 0 aliphatic rings. The molecular weight excluding hydrogens is 378 g/mol. The number of hydrogen-bond donors (Lipinski definition) is 1. The molecule has 1 N–H and O–H groups in total. The molecule has 1 aromatic heterocycles. The van der Waals surface area contributed by atoms with Crippen molar-refractivity contribution in [3.05, 3.63) is 50.5 Å². The van der Waals surface area contributed by atoms with Crippen molar-refractivity contribution >= 4 is 40.0 Å². The molecular formula is C16H15N3O7S. The zero-order chi connectivity index (χ0) is 20.0. The fraction of sp³-hybridized carbons (Fsp3) is 0.250. The fourth-order valence-electron chi connectivity index (χ4n) is 2.06. The summed E-state index contributed by atoms with van der Waals surface area (Å²) in [6.45, 7) is 1.94. The molecule has 0 aliphatic carbocycles. The molecule has 0 saturated carbocycles. The second-order valence-electron chi connectivity index (χ2n) is 5.10. The Hall–Kier alpha value is -3.34. The highest BCUT2D eigenvalue weighted by molar-refractivity contribution is 7.14. The monoisotopic (exact) mass is 393 g/mol. The third-order valence-electron chi connectivity index (χ3n) is 3.21. The van der Waals surface area contributed by atoms with E-state index in [4.69, 9.17) is 4.74 Å². The minimum atomic E-state index is -0.807. The average molecular weight is 393 g/mol. The van der Waals surface area contributed by atoms with Gasteiger partial charge >= 0.3 is 11.9 Å². The maximum absolute atomic E-state index is 12.4. The molecule has 11 heteroatoms. The molecule has 0 fully saturated rings. The standard InChI is InChI=1S/C16H15N3O7S/c1-3-26-13(20)7-11-8-27-16(17-11)18-14(21)9-4-10(15(22)25-2)6-12(5-9)19(23)24/h4-6,8H,3,7H2,1-2H3,(H,17,18,21). The average Bonchev–Trinajstić information content (AvgIpc) is 3.07. The number of amides is 1. The summed E-state index contributed by atoms with van der Waals surface area (Å²) < 4.78 is 9.35. The Bertz CT molecular complexity index is 894. The molecule has 142 valence electrons. The van der Waals surface area contributed by atoms with Crippen LogP contribution >= 0.6 is 11.3 Å². The van der Waals surface area contributed by atoms with Gasteiger partial charge in [-0.1, -0.05) is 0 Å². The minimum Gasteiger partial charge on any atom is -0.466 e. The van der Waals surface area contributed by atoms with E-state index in [2.05, 4.69) is 15.0 Å². The molecule has 0 spiro atoms. The predicted octanol–water partition coefficient (Wildman–Crippen LogP) is 2.20. The van der Waals surface area contributed by atoms with Crippen molar-refractivity contribution in [3.63, 3.8) is 0 Å². The van der Waals surface area contributed by atoms with Crippen molar-refractivity contribution in [2.24, 2.45) is 0 Å². The van der Waals surface area contributed by atoms with Crippen LogP contribution in [0.1, 0.15) is 33.3 Å². The number of benzene rings is 1. The second kappa shape index (κ2) is 8.85. The van der Waals surface area contributed by atoms with Gasteiger partial charge in [0.05, 0.1) is 36.3 Å². The van der Waals surface area contributed by atoms with Crippen LogP contribution in [0.4, 0.5) is 10.8 Å². The van der Waals surface area contributed by atoms with Gasteiger partial charge in [-0.25, -0.2) is 9.78 Å². The number of nitro groups is 1. The first-order valence-electron chi connectivity index (χ1n) is 7.63. The molecule has 0 bridgehead atoms. The first-order valence-corrected chi connectivity index (χ1v) is 8.51. The topological polar surface area (TPSA) is 138 Å². The zero-order valence-corrected chi connectivity index (χ0v) is 15.2. The molecule has 0 aliphatic heterocycles. The van der Waals surface area contributed by atoms with Crippen LogP contribution in [0.2, 0.25) is 0 Å². The Kier molecular flexibility index (Phi) is 6.55. The van der Waals surface area contributed by atoms with Gasteiger partial charge in [0, 0.05) is 23.1 Å². The Morgan fingerprint density at radius 3 is 2.59 bits per heavy atom. The second-order valence-corrected chi connectivity index (χ2v) is 5.96. The van der Waals surface area contributed by atoms with Gasteiger partial charge in [-0.2, -0.15) is 0 Å². The van der Waals surface area contributed by atoms with Crippen molar-refractivity contribution in [3.8, 4) is 0 Å². The van der Waals surface area contributed by atoms with E-state index in [0.717, 1.165) is 30.6 Å². The maximum atomic E-state index is 12.4. The van der Waals surface area contributed by atoms with Gasteiger partial charge in [0.25, 0.3) is 11.6 Å². The molecule has 0 radical (unpaired) electrons. The lowest BCUT2D eigenvalue weighted by Gasteiger charge is -2.05. The number of thiazole rings is 1. The van der Waals surface area contributed by atoms with E-state index in [-0.39, 0.29) is 29.3 Å². The summed E-state index contributed by atoms with van der Waals surface area (Å²) in [5.41, 5.74) is -0.237. The number of carbonyl (C=O) groups excluding carboxylic acids is 3. The van der Waals surface area contributed by atoms with Crippen LogP contribution in [-0.4, -0.2) is 41.5 Å². The van der Waals surface area contributed by atoms with E-state index in [1.807, 2.05) is 0 Å². The van der Waals surface area contributed by atoms with Crippen LogP contribution in [0, 0.1) is 10.1 Å². The predicted molar refractivity (Wildman–Crippen MR) is 94.8 cm³/mol. The molecule has 2 rings (SSSR count). The number of nitrogens with one attached hydrogen (secondary N) is 1. The summed E-state index contributed by atoms with van der Waals surface area (Å²) in [5, 5.41) is 15.3. The summed E-state index contributed by atoms with van der Waals surface area (Å²) in [5.74, 6) is -1.94. The number of methoxy groups -OCH3 is 1. The molecule has 1 heterocycles. The summed E-state index contributed by atoms with van der Waals surface area (Å²) in [7, 11) is 1.13. The van der Waals surface area contributed by atoms with Gasteiger partial charge in [-0.3, -0.25) is 25.0 Å². The molecule has 27 heavy (non-hydrogen) atoms. The normalized spacial score (nSPS) is 10.1. The quantitative estimate of drug-likeness (QED) is 0.429. The number of anilines is 1. The van der Waals surface area contributed by atoms with E-state index >= 15 is 0 Å². The highest BCUT2D eigenvalue weighted by Gasteiger charge is 2.19. The Morgan fingerprint density at radius 1 is 1.26 bits per heavy atom. The summed E-state index contributed by atoms with van der Waals surface area (Å²) in [6, 6.07) is 3.24. The Morgan fingerprint density at radius 2 is 1.96 bits per heavy atom. The summed E-state index contributed by atoms with van der Waals surface area (Å²) in [4.78, 5) is 49.9. The first kappa shape index (κ1) is 20.0. The van der Waals surface area contributed by atoms with E-state index in [1.165, 1.54) is 6.07 Å². The third kappa shape index (κ3) is 5.31. The van der Waals surface area contributed by atoms with Crippen molar-refractivity contribution in [2.45, 2.75) is 13.3 Å². The van der Waals surface area contributed by atoms with Crippen molar-refractivity contribution in [1.82, 2.24) is 4.98 Å². The van der Waals surface area contributed by atoms with E-state index in [9.17, 15) is 24.5 Å². The van der Waals surface area contributed by atoms with Crippen molar-refractivity contribution < 1.29 is 28.8 Å². The molecule has 10 nitrogen and oxygen atoms in total. The Labute approximate surface area is 157 Å². The van der Waals surface area contributed by atoms with Crippen molar-refractivity contribution in [1.29, 1.82) is 0 Å². The van der Waals surface area contributed by atoms with Gasteiger partial charge in [0.15, 0.2) is 5.13 Å². The third-order valence-corrected chi connectivity index (χ3v) is 4.02. The first-order chi connectivity index (χ1) is 12.8. The lowest BCUT2D eigenvalue weighted by Crippen LogP contribution is -2.14. The van der Waals surface area contributed by atoms with Crippen LogP contribution < -0.4 is 5.32 Å². The molecule has 1 amide bonds. The van der Waals surface area contributed by atoms with Crippen LogP contribution in [0.5, 0.6) is 0 Å². The number of hydrogen-bond acceptors (Lipinski definition) is 9. The highest BCUT2D eigenvalue weighted by Crippen LogP contribution is 2.21.